The van der Waals surface area contributed by atoms with Gasteiger partial charge in [0.25, 0.3) is 0 Å². The lowest BCUT2D eigenvalue weighted by Crippen LogP contribution is -1.94. The molecule has 1 aromatic rings. The zero-order chi connectivity index (χ0) is 9.68. The Morgan fingerprint density at radius 1 is 1.46 bits per heavy atom. The minimum absolute atomic E-state index is 0.522. The summed E-state index contributed by atoms with van der Waals surface area (Å²) in [4.78, 5) is 18.4. The molecule has 0 radical (unpaired) electrons. The van der Waals surface area contributed by atoms with Crippen LogP contribution in [0.15, 0.2) is 17.6 Å². The quantitative estimate of drug-likeness (QED) is 0.420. The van der Waals surface area contributed by atoms with E-state index >= 15 is 0 Å². The highest BCUT2D eigenvalue weighted by molar-refractivity contribution is 7.99. The highest BCUT2D eigenvalue weighted by atomic mass is 32.2. The molecule has 0 spiro atoms. The van der Waals surface area contributed by atoms with E-state index in [-0.39, 0.29) is 0 Å². The molecule has 4 heteroatoms. The fourth-order valence-electron chi connectivity index (χ4n) is 0.703. The fourth-order valence-corrected chi connectivity index (χ4v) is 1.44. The molecule has 0 N–H and O–H groups in total. The van der Waals surface area contributed by atoms with Crippen molar-refractivity contribution in [2.75, 3.05) is 5.75 Å². The van der Waals surface area contributed by atoms with Gasteiger partial charge in [-0.3, -0.25) is 4.79 Å². The third-order valence-electron chi connectivity index (χ3n) is 1.33. The Morgan fingerprint density at radius 2 is 2.08 bits per heavy atom. The molecule has 0 amide bonds. The Bertz CT molecular complexity index is 271. The Morgan fingerprint density at radius 3 is 2.54 bits per heavy atom. The lowest BCUT2D eigenvalue weighted by atomic mass is 10.3. The summed E-state index contributed by atoms with van der Waals surface area (Å²) in [6, 6.07) is 0. The second-order valence-electron chi connectivity index (χ2n) is 3.12. The maximum absolute atomic E-state index is 10.3. The second kappa shape index (κ2) is 4.97. The second-order valence-corrected chi connectivity index (χ2v) is 4.11. The average Bonchev–Trinajstić information content (AvgIpc) is 2.15. The van der Waals surface area contributed by atoms with Crippen molar-refractivity contribution in [1.29, 1.82) is 0 Å². The van der Waals surface area contributed by atoms with Gasteiger partial charge in [-0.15, -0.1) is 0 Å². The van der Waals surface area contributed by atoms with Crippen LogP contribution in [0.2, 0.25) is 0 Å². The Kier molecular flexibility index (Phi) is 3.89. The van der Waals surface area contributed by atoms with Crippen molar-refractivity contribution >= 4 is 18.0 Å². The standard InChI is InChI=1S/C9H12N2OS/c1-7(2)6-13-9-10-3-8(5-12)4-11-9/h3-5,7H,6H2,1-2H3. The van der Waals surface area contributed by atoms with E-state index < -0.39 is 0 Å². The van der Waals surface area contributed by atoms with Gasteiger partial charge in [-0.1, -0.05) is 25.6 Å². The first-order valence-electron chi connectivity index (χ1n) is 4.12. The molecular weight excluding hydrogens is 184 g/mol. The maximum atomic E-state index is 10.3. The van der Waals surface area contributed by atoms with Crippen molar-refractivity contribution in [2.24, 2.45) is 5.92 Å². The number of nitrogens with zero attached hydrogens (tertiary/aromatic N) is 2. The van der Waals surface area contributed by atoms with Crippen LogP contribution in [0.4, 0.5) is 0 Å². The number of hydrogen-bond acceptors (Lipinski definition) is 4. The van der Waals surface area contributed by atoms with Crippen molar-refractivity contribution in [3.05, 3.63) is 18.0 Å². The van der Waals surface area contributed by atoms with Gasteiger partial charge in [0, 0.05) is 18.1 Å². The number of aldehydes is 1. The van der Waals surface area contributed by atoms with Crippen molar-refractivity contribution in [3.8, 4) is 0 Å². The Labute approximate surface area is 82.0 Å². The monoisotopic (exact) mass is 196 g/mol. The first-order chi connectivity index (χ1) is 6.22. The highest BCUT2D eigenvalue weighted by Gasteiger charge is 1.99. The molecule has 0 aliphatic heterocycles. The molecule has 0 unspecified atom stereocenters. The Hall–Kier alpha value is -0.900. The number of carbonyl (C=O) groups is 1. The molecule has 0 bridgehead atoms. The van der Waals surface area contributed by atoms with Gasteiger partial charge >= 0.3 is 0 Å². The van der Waals surface area contributed by atoms with Crippen LogP contribution in [-0.2, 0) is 0 Å². The van der Waals surface area contributed by atoms with Crippen LogP contribution in [0.5, 0.6) is 0 Å². The summed E-state index contributed by atoms with van der Waals surface area (Å²) < 4.78 is 0. The Balaban J connectivity index is 2.54. The molecule has 13 heavy (non-hydrogen) atoms. The van der Waals surface area contributed by atoms with E-state index in [9.17, 15) is 4.79 Å². The fraction of sp³-hybridized carbons (Fsp3) is 0.444. The lowest BCUT2D eigenvalue weighted by Gasteiger charge is -2.01. The van der Waals surface area contributed by atoms with Gasteiger partial charge < -0.3 is 0 Å². The number of carbonyl (C=O) groups excluding carboxylic acids is 1. The molecule has 0 saturated carbocycles. The molecule has 0 saturated heterocycles. The number of hydrogen-bond donors (Lipinski definition) is 0. The van der Waals surface area contributed by atoms with Gasteiger partial charge in [-0.05, 0) is 5.92 Å². The molecule has 1 heterocycles. The average molecular weight is 196 g/mol. The van der Waals surface area contributed by atoms with Crippen molar-refractivity contribution < 1.29 is 4.79 Å². The van der Waals surface area contributed by atoms with E-state index in [1.54, 1.807) is 24.2 Å². The van der Waals surface area contributed by atoms with Crippen molar-refractivity contribution in [3.63, 3.8) is 0 Å². The first kappa shape index (κ1) is 10.2. The van der Waals surface area contributed by atoms with Crippen molar-refractivity contribution in [1.82, 2.24) is 9.97 Å². The van der Waals surface area contributed by atoms with E-state index in [1.807, 2.05) is 0 Å². The molecule has 0 aromatic carbocycles. The summed E-state index contributed by atoms with van der Waals surface area (Å²) in [5.74, 6) is 1.62. The summed E-state index contributed by atoms with van der Waals surface area (Å²) in [6.45, 7) is 4.29. The highest BCUT2D eigenvalue weighted by Crippen LogP contribution is 2.15. The molecule has 0 aliphatic carbocycles. The molecule has 0 atom stereocenters. The van der Waals surface area contributed by atoms with Gasteiger partial charge in [-0.25, -0.2) is 9.97 Å². The molecular formula is C9H12N2OS. The molecule has 0 fully saturated rings. The smallest absolute Gasteiger partial charge is 0.187 e. The van der Waals surface area contributed by atoms with Crippen LogP contribution in [0.3, 0.4) is 0 Å². The molecule has 70 valence electrons. The maximum Gasteiger partial charge on any atom is 0.187 e. The van der Waals surface area contributed by atoms with E-state index in [0.29, 0.717) is 11.5 Å². The summed E-state index contributed by atoms with van der Waals surface area (Å²) in [5.41, 5.74) is 0.522. The zero-order valence-electron chi connectivity index (χ0n) is 7.73. The van der Waals surface area contributed by atoms with Crippen LogP contribution in [0, 0.1) is 5.92 Å². The van der Waals surface area contributed by atoms with Crippen LogP contribution < -0.4 is 0 Å². The summed E-state index contributed by atoms with van der Waals surface area (Å²) in [7, 11) is 0. The number of thioether (sulfide) groups is 1. The van der Waals surface area contributed by atoms with E-state index in [2.05, 4.69) is 23.8 Å². The first-order valence-corrected chi connectivity index (χ1v) is 5.11. The molecule has 1 rings (SSSR count). The summed E-state index contributed by atoms with van der Waals surface area (Å²) in [5, 5.41) is 0.735. The normalized spacial score (nSPS) is 10.4. The SMILES string of the molecule is CC(C)CSc1ncc(C=O)cn1. The topological polar surface area (TPSA) is 42.9 Å². The van der Waals surface area contributed by atoms with Crippen LogP contribution in [-0.4, -0.2) is 22.0 Å². The van der Waals surface area contributed by atoms with Gasteiger partial charge in [0.1, 0.15) is 0 Å². The predicted molar refractivity (Wildman–Crippen MR) is 53.0 cm³/mol. The third kappa shape index (κ3) is 3.55. The third-order valence-corrected chi connectivity index (χ3v) is 2.63. The van der Waals surface area contributed by atoms with Crippen LogP contribution in [0.25, 0.3) is 0 Å². The van der Waals surface area contributed by atoms with E-state index in [4.69, 9.17) is 0 Å². The van der Waals surface area contributed by atoms with Gasteiger partial charge in [0.15, 0.2) is 11.4 Å². The van der Waals surface area contributed by atoms with Crippen LogP contribution >= 0.6 is 11.8 Å². The van der Waals surface area contributed by atoms with E-state index in [1.165, 1.54) is 0 Å². The largest absolute Gasteiger partial charge is 0.298 e. The van der Waals surface area contributed by atoms with Crippen molar-refractivity contribution in [2.45, 2.75) is 19.0 Å². The van der Waals surface area contributed by atoms with Crippen LogP contribution in [0.1, 0.15) is 24.2 Å². The zero-order valence-corrected chi connectivity index (χ0v) is 8.54. The number of rotatable bonds is 4. The van der Waals surface area contributed by atoms with E-state index in [0.717, 1.165) is 17.2 Å². The molecule has 3 nitrogen and oxygen atoms in total. The summed E-state index contributed by atoms with van der Waals surface area (Å²) >= 11 is 1.61. The van der Waals surface area contributed by atoms with Gasteiger partial charge in [-0.2, -0.15) is 0 Å². The minimum Gasteiger partial charge on any atom is -0.298 e. The summed E-state index contributed by atoms with van der Waals surface area (Å²) in [6.07, 6.45) is 3.84. The van der Waals surface area contributed by atoms with Gasteiger partial charge in [0.2, 0.25) is 0 Å². The molecule has 1 aromatic heterocycles. The lowest BCUT2D eigenvalue weighted by molar-refractivity contribution is 0.112. The predicted octanol–water partition coefficient (Wildman–Crippen LogP) is 2.04. The van der Waals surface area contributed by atoms with Gasteiger partial charge in [0.05, 0.1) is 5.56 Å². The molecule has 0 aliphatic rings. The minimum atomic E-state index is 0.522. The number of aromatic nitrogens is 2.